The van der Waals surface area contributed by atoms with Crippen molar-refractivity contribution < 1.29 is 5.11 Å². The highest BCUT2D eigenvalue weighted by Crippen LogP contribution is 2.35. The zero-order valence-corrected chi connectivity index (χ0v) is 15.5. The summed E-state index contributed by atoms with van der Waals surface area (Å²) in [5.74, 6) is 0.199. The first-order valence-electron chi connectivity index (χ1n) is 7.68. The second kappa shape index (κ2) is 6.78. The van der Waals surface area contributed by atoms with E-state index in [0.29, 0.717) is 5.56 Å². The minimum Gasteiger partial charge on any atom is -0.507 e. The Morgan fingerprint density at radius 2 is 1.80 bits per heavy atom. The summed E-state index contributed by atoms with van der Waals surface area (Å²) in [5.41, 5.74) is 3.45. The molecule has 122 valence electrons. The maximum atomic E-state index is 9.97. The van der Waals surface area contributed by atoms with Gasteiger partial charge in [0, 0.05) is 21.8 Å². The Bertz CT molecular complexity index is 1050. The molecule has 0 aliphatic carbocycles. The van der Waals surface area contributed by atoms with E-state index in [0.717, 1.165) is 30.9 Å². The van der Waals surface area contributed by atoms with Gasteiger partial charge in [-0.3, -0.25) is 4.99 Å². The Labute approximate surface area is 157 Å². The van der Waals surface area contributed by atoms with Gasteiger partial charge in [0.1, 0.15) is 10.8 Å². The summed E-state index contributed by atoms with van der Waals surface area (Å²) in [7, 11) is 0. The van der Waals surface area contributed by atoms with Crippen LogP contribution in [0, 0.1) is 0 Å². The number of fused-ring (bicyclic) bond motifs is 1. The third kappa shape index (κ3) is 3.34. The van der Waals surface area contributed by atoms with Crippen molar-refractivity contribution in [1.82, 2.24) is 4.98 Å². The van der Waals surface area contributed by atoms with Gasteiger partial charge >= 0.3 is 0 Å². The minimum atomic E-state index is 0.199. The van der Waals surface area contributed by atoms with Gasteiger partial charge in [0.25, 0.3) is 0 Å². The second-order valence-corrected chi connectivity index (χ2v) is 7.41. The van der Waals surface area contributed by atoms with E-state index < -0.39 is 0 Å². The number of phenolic OH excluding ortho intramolecular Hbond substituents is 1. The van der Waals surface area contributed by atoms with Gasteiger partial charge in [-0.1, -0.05) is 40.2 Å². The molecule has 0 saturated heterocycles. The maximum absolute atomic E-state index is 9.97. The van der Waals surface area contributed by atoms with Crippen LogP contribution in [0.1, 0.15) is 5.56 Å². The predicted molar refractivity (Wildman–Crippen MR) is 108 cm³/mol. The number of thiazole rings is 1. The number of aromatic hydroxyl groups is 1. The summed E-state index contributed by atoms with van der Waals surface area (Å²) in [6.45, 7) is 0. The second-order valence-electron chi connectivity index (χ2n) is 5.47. The lowest BCUT2D eigenvalue weighted by Crippen LogP contribution is -1.83. The van der Waals surface area contributed by atoms with E-state index in [2.05, 4.69) is 27.0 Å². The maximum Gasteiger partial charge on any atom is 0.126 e. The van der Waals surface area contributed by atoms with E-state index in [9.17, 15) is 5.11 Å². The molecule has 5 heteroatoms. The van der Waals surface area contributed by atoms with Gasteiger partial charge in [-0.15, -0.1) is 11.3 Å². The molecule has 0 fully saturated rings. The van der Waals surface area contributed by atoms with Crippen LogP contribution in [0.4, 0.5) is 5.69 Å². The van der Waals surface area contributed by atoms with E-state index in [1.165, 1.54) is 0 Å². The van der Waals surface area contributed by atoms with E-state index >= 15 is 0 Å². The molecule has 0 amide bonds. The van der Waals surface area contributed by atoms with Gasteiger partial charge in [0.05, 0.1) is 15.9 Å². The molecular formula is C20H13BrN2OS. The normalized spacial score (nSPS) is 11.4. The monoisotopic (exact) mass is 408 g/mol. The highest BCUT2D eigenvalue weighted by molar-refractivity contribution is 9.10. The number of aromatic nitrogens is 1. The van der Waals surface area contributed by atoms with Crippen molar-refractivity contribution >= 4 is 49.4 Å². The van der Waals surface area contributed by atoms with Crippen LogP contribution < -0.4 is 0 Å². The van der Waals surface area contributed by atoms with E-state index in [1.807, 2.05) is 48.5 Å². The third-order valence-corrected chi connectivity index (χ3v) is 5.32. The van der Waals surface area contributed by atoms with Crippen LogP contribution in [0.15, 0.2) is 76.2 Å². The van der Waals surface area contributed by atoms with Gasteiger partial charge in [0.15, 0.2) is 0 Å². The molecule has 1 N–H and O–H groups in total. The zero-order chi connectivity index (χ0) is 17.2. The van der Waals surface area contributed by atoms with Crippen molar-refractivity contribution in [1.29, 1.82) is 0 Å². The number of nitrogens with zero attached hydrogens (tertiary/aromatic N) is 2. The summed E-state index contributed by atoms with van der Waals surface area (Å²) in [5, 5.41) is 10.9. The van der Waals surface area contributed by atoms with Crippen LogP contribution in [0.2, 0.25) is 0 Å². The van der Waals surface area contributed by atoms with Crippen molar-refractivity contribution in [3.63, 3.8) is 0 Å². The fourth-order valence-corrected chi connectivity index (χ4v) is 3.90. The molecule has 4 aromatic rings. The van der Waals surface area contributed by atoms with Crippen molar-refractivity contribution in [3.05, 3.63) is 76.8 Å². The van der Waals surface area contributed by atoms with Crippen LogP contribution >= 0.6 is 27.3 Å². The number of hydrogen-bond donors (Lipinski definition) is 1. The van der Waals surface area contributed by atoms with E-state index in [-0.39, 0.29) is 5.75 Å². The number of phenols is 1. The minimum absolute atomic E-state index is 0.199. The van der Waals surface area contributed by atoms with E-state index in [1.54, 1.807) is 29.7 Å². The average Bonchev–Trinajstić information content (AvgIpc) is 3.07. The predicted octanol–water partition coefficient (Wildman–Crippen LogP) is 6.18. The molecule has 3 nitrogen and oxygen atoms in total. The van der Waals surface area contributed by atoms with Crippen molar-refractivity contribution in [3.8, 4) is 16.3 Å². The van der Waals surface area contributed by atoms with Crippen molar-refractivity contribution in [2.45, 2.75) is 0 Å². The Morgan fingerprint density at radius 3 is 2.68 bits per heavy atom. The standard InChI is InChI=1S/C20H13BrN2OS/c21-14-9-10-18(24)13(11-14)12-22-16-6-2-1-5-15(16)20-23-17-7-3-4-8-19(17)25-20/h1-12,24H. The van der Waals surface area contributed by atoms with Crippen molar-refractivity contribution in [2.24, 2.45) is 4.99 Å². The van der Waals surface area contributed by atoms with Gasteiger partial charge in [0.2, 0.25) is 0 Å². The number of benzene rings is 3. The molecule has 0 unspecified atom stereocenters. The van der Waals surface area contributed by atoms with Gasteiger partial charge < -0.3 is 5.11 Å². The average molecular weight is 409 g/mol. The summed E-state index contributed by atoms with van der Waals surface area (Å²) in [4.78, 5) is 9.30. The molecule has 0 aliphatic rings. The fourth-order valence-electron chi connectivity index (χ4n) is 2.52. The topological polar surface area (TPSA) is 45.5 Å². The quantitative estimate of drug-likeness (QED) is 0.411. The zero-order valence-electron chi connectivity index (χ0n) is 13.1. The number of hydrogen-bond acceptors (Lipinski definition) is 4. The molecule has 4 rings (SSSR count). The van der Waals surface area contributed by atoms with Crippen LogP contribution in [0.25, 0.3) is 20.8 Å². The number of aliphatic imine (C=N–C) groups is 1. The van der Waals surface area contributed by atoms with Crippen LogP contribution in [0.5, 0.6) is 5.75 Å². The van der Waals surface area contributed by atoms with Crippen LogP contribution in [-0.4, -0.2) is 16.3 Å². The fraction of sp³-hybridized carbons (Fsp3) is 0. The third-order valence-electron chi connectivity index (χ3n) is 3.76. The molecule has 0 saturated carbocycles. The summed E-state index contributed by atoms with van der Waals surface area (Å²) in [6.07, 6.45) is 1.67. The first-order valence-corrected chi connectivity index (χ1v) is 9.29. The van der Waals surface area contributed by atoms with Crippen LogP contribution in [-0.2, 0) is 0 Å². The molecule has 0 aliphatic heterocycles. The Morgan fingerprint density at radius 1 is 1.00 bits per heavy atom. The first kappa shape index (κ1) is 16.0. The summed E-state index contributed by atoms with van der Waals surface area (Å²) < 4.78 is 2.05. The van der Waals surface area contributed by atoms with Crippen LogP contribution in [0.3, 0.4) is 0 Å². The van der Waals surface area contributed by atoms with Gasteiger partial charge in [-0.2, -0.15) is 0 Å². The number of para-hydroxylation sites is 2. The Balaban J connectivity index is 1.76. The SMILES string of the molecule is Oc1ccc(Br)cc1C=Nc1ccccc1-c1nc2ccccc2s1. The number of halogens is 1. The molecule has 0 atom stereocenters. The largest absolute Gasteiger partial charge is 0.507 e. The molecule has 1 aromatic heterocycles. The summed E-state index contributed by atoms with van der Waals surface area (Å²) in [6, 6.07) is 21.3. The lowest BCUT2D eigenvalue weighted by Gasteiger charge is -2.03. The lowest BCUT2D eigenvalue weighted by atomic mass is 10.2. The molecular weight excluding hydrogens is 396 g/mol. The number of rotatable bonds is 3. The highest BCUT2D eigenvalue weighted by atomic mass is 79.9. The van der Waals surface area contributed by atoms with Crippen molar-refractivity contribution in [2.75, 3.05) is 0 Å². The summed E-state index contributed by atoms with van der Waals surface area (Å²) >= 11 is 5.06. The lowest BCUT2D eigenvalue weighted by molar-refractivity contribution is 0.474. The molecule has 0 bridgehead atoms. The van der Waals surface area contributed by atoms with Gasteiger partial charge in [-0.25, -0.2) is 4.98 Å². The highest BCUT2D eigenvalue weighted by Gasteiger charge is 2.09. The molecule has 25 heavy (non-hydrogen) atoms. The molecule has 0 spiro atoms. The smallest absolute Gasteiger partial charge is 0.126 e. The first-order chi connectivity index (χ1) is 12.2. The van der Waals surface area contributed by atoms with E-state index in [4.69, 9.17) is 4.98 Å². The van der Waals surface area contributed by atoms with Gasteiger partial charge in [-0.05, 0) is 42.5 Å². The Hall–Kier alpha value is -2.50. The molecule has 3 aromatic carbocycles. The molecule has 0 radical (unpaired) electrons. The Kier molecular flexibility index (Phi) is 4.34. The molecule has 1 heterocycles.